The van der Waals surface area contributed by atoms with Crippen LogP contribution in [0.5, 0.6) is 11.5 Å². The Hall–Kier alpha value is -2.53. The predicted octanol–water partition coefficient (Wildman–Crippen LogP) is 6.31. The maximum atomic E-state index is 5.98. The van der Waals surface area contributed by atoms with E-state index in [-0.39, 0.29) is 0 Å². The molecule has 0 fully saturated rings. The van der Waals surface area contributed by atoms with E-state index < -0.39 is 0 Å². The second-order valence-corrected chi connectivity index (χ2v) is 7.46. The Kier molecular flexibility index (Phi) is 10.1. The van der Waals surface area contributed by atoms with E-state index in [2.05, 4.69) is 50.2 Å². The highest BCUT2D eigenvalue weighted by atomic mass is 32.2. The number of ether oxygens (including phenoxy) is 4. The molecule has 0 atom stereocenters. The minimum absolute atomic E-state index is 0.487. The van der Waals surface area contributed by atoms with Gasteiger partial charge >= 0.3 is 0 Å². The van der Waals surface area contributed by atoms with Crippen molar-refractivity contribution in [3.8, 4) is 11.5 Å². The molecule has 0 aromatic heterocycles. The summed E-state index contributed by atoms with van der Waals surface area (Å²) >= 11 is 1.64. The van der Waals surface area contributed by atoms with E-state index in [9.17, 15) is 0 Å². The van der Waals surface area contributed by atoms with Crippen LogP contribution in [0.2, 0.25) is 0 Å². The van der Waals surface area contributed by atoms with Gasteiger partial charge in [-0.15, -0.1) is 0 Å². The maximum Gasteiger partial charge on any atom is 0.133 e. The SMILES string of the molecule is CC=COCCOc1cc(C)ccc1Sc1ccc(C)cc1OCCOC=CC. The van der Waals surface area contributed by atoms with E-state index in [0.29, 0.717) is 26.4 Å². The minimum atomic E-state index is 0.487. The van der Waals surface area contributed by atoms with Crippen molar-refractivity contribution in [3.05, 3.63) is 72.2 Å². The predicted molar refractivity (Wildman–Crippen MR) is 119 cm³/mol. The van der Waals surface area contributed by atoms with Crippen LogP contribution in [-0.2, 0) is 9.47 Å². The fourth-order valence-electron chi connectivity index (χ4n) is 2.47. The van der Waals surface area contributed by atoms with Crippen LogP contribution in [-0.4, -0.2) is 26.4 Å². The molecule has 0 amide bonds. The minimum Gasteiger partial charge on any atom is -0.498 e. The van der Waals surface area contributed by atoms with Gasteiger partial charge < -0.3 is 18.9 Å². The number of hydrogen-bond acceptors (Lipinski definition) is 5. The number of rotatable bonds is 12. The van der Waals surface area contributed by atoms with Gasteiger partial charge in [-0.2, -0.15) is 0 Å². The van der Waals surface area contributed by atoms with Crippen molar-refractivity contribution >= 4 is 11.8 Å². The standard InChI is InChI=1S/C24H30O4S/c1-5-11-25-13-15-27-21-17-19(3)7-9-23(21)29-24-10-8-20(4)18-22(24)28-16-14-26-12-6-2/h5-12,17-18H,13-16H2,1-4H3. The van der Waals surface area contributed by atoms with E-state index in [4.69, 9.17) is 18.9 Å². The lowest BCUT2D eigenvalue weighted by Gasteiger charge is -2.15. The molecule has 0 unspecified atom stereocenters. The Morgan fingerprint density at radius 1 is 0.690 bits per heavy atom. The molecule has 0 aliphatic rings. The number of hydrogen-bond donors (Lipinski definition) is 0. The molecule has 0 radical (unpaired) electrons. The molecule has 0 N–H and O–H groups in total. The summed E-state index contributed by atoms with van der Waals surface area (Å²) in [7, 11) is 0. The first kappa shape index (κ1) is 22.8. The van der Waals surface area contributed by atoms with Gasteiger partial charge in [-0.25, -0.2) is 0 Å². The molecule has 0 saturated carbocycles. The Morgan fingerprint density at radius 3 is 1.55 bits per heavy atom. The van der Waals surface area contributed by atoms with Crippen LogP contribution >= 0.6 is 11.8 Å². The first-order valence-electron chi connectivity index (χ1n) is 9.74. The second kappa shape index (κ2) is 12.8. The molecule has 4 nitrogen and oxygen atoms in total. The lowest BCUT2D eigenvalue weighted by molar-refractivity contribution is 0.176. The van der Waals surface area contributed by atoms with Crippen LogP contribution in [0.3, 0.4) is 0 Å². The monoisotopic (exact) mass is 414 g/mol. The zero-order valence-corrected chi connectivity index (χ0v) is 18.5. The Balaban J connectivity index is 2.09. The smallest absolute Gasteiger partial charge is 0.133 e. The van der Waals surface area contributed by atoms with Crippen molar-refractivity contribution in [2.45, 2.75) is 37.5 Å². The van der Waals surface area contributed by atoms with Gasteiger partial charge in [0.15, 0.2) is 0 Å². The fourth-order valence-corrected chi connectivity index (χ4v) is 3.42. The molecule has 0 spiro atoms. The summed E-state index contributed by atoms with van der Waals surface area (Å²) in [6, 6.07) is 12.5. The number of benzene rings is 2. The molecule has 5 heteroatoms. The maximum absolute atomic E-state index is 5.98. The average Bonchev–Trinajstić information content (AvgIpc) is 2.71. The van der Waals surface area contributed by atoms with E-state index in [1.165, 1.54) is 0 Å². The summed E-state index contributed by atoms with van der Waals surface area (Å²) in [6.07, 6.45) is 7.06. The average molecular weight is 415 g/mol. The third kappa shape index (κ3) is 8.16. The lowest BCUT2D eigenvalue weighted by atomic mass is 10.2. The van der Waals surface area contributed by atoms with Gasteiger partial charge in [0.25, 0.3) is 0 Å². The van der Waals surface area contributed by atoms with Gasteiger partial charge in [0.1, 0.15) is 37.9 Å². The molecular weight excluding hydrogens is 384 g/mol. The zero-order chi connectivity index (χ0) is 20.9. The van der Waals surface area contributed by atoms with Crippen molar-refractivity contribution in [1.29, 1.82) is 0 Å². The van der Waals surface area contributed by atoms with Crippen LogP contribution < -0.4 is 9.47 Å². The quantitative estimate of drug-likeness (QED) is 0.300. The van der Waals surface area contributed by atoms with Crippen molar-refractivity contribution in [3.63, 3.8) is 0 Å². The van der Waals surface area contributed by atoms with Crippen LogP contribution in [0.15, 0.2) is 70.9 Å². The van der Waals surface area contributed by atoms with Crippen molar-refractivity contribution in [1.82, 2.24) is 0 Å². The van der Waals surface area contributed by atoms with E-state index in [1.807, 2.05) is 26.0 Å². The largest absolute Gasteiger partial charge is 0.498 e. The molecule has 156 valence electrons. The normalized spacial score (nSPS) is 11.2. The van der Waals surface area contributed by atoms with Crippen LogP contribution in [0, 0.1) is 13.8 Å². The highest BCUT2D eigenvalue weighted by Gasteiger charge is 2.11. The summed E-state index contributed by atoms with van der Waals surface area (Å²) < 4.78 is 22.7. The summed E-state index contributed by atoms with van der Waals surface area (Å²) in [5, 5.41) is 0. The molecule has 29 heavy (non-hydrogen) atoms. The summed E-state index contributed by atoms with van der Waals surface area (Å²) in [5.41, 5.74) is 2.31. The van der Waals surface area contributed by atoms with Crippen LogP contribution in [0.25, 0.3) is 0 Å². The van der Waals surface area contributed by atoms with Gasteiger partial charge in [0, 0.05) is 0 Å². The highest BCUT2D eigenvalue weighted by molar-refractivity contribution is 7.99. The van der Waals surface area contributed by atoms with Gasteiger partial charge in [-0.3, -0.25) is 0 Å². The molecule has 2 aromatic rings. The zero-order valence-electron chi connectivity index (χ0n) is 17.6. The van der Waals surface area contributed by atoms with Crippen molar-refractivity contribution in [2.75, 3.05) is 26.4 Å². The van der Waals surface area contributed by atoms with Crippen molar-refractivity contribution < 1.29 is 18.9 Å². The molecule has 2 aromatic carbocycles. The molecular formula is C24H30O4S. The molecule has 2 rings (SSSR count). The van der Waals surface area contributed by atoms with Gasteiger partial charge in [0.2, 0.25) is 0 Å². The molecule has 0 heterocycles. The Bertz CT molecular complexity index is 747. The number of allylic oxidation sites excluding steroid dienone is 2. The summed E-state index contributed by atoms with van der Waals surface area (Å²) in [5.74, 6) is 1.70. The lowest BCUT2D eigenvalue weighted by Crippen LogP contribution is -2.05. The second-order valence-electron chi connectivity index (χ2n) is 6.38. The third-order valence-electron chi connectivity index (χ3n) is 3.80. The van der Waals surface area contributed by atoms with Crippen LogP contribution in [0.4, 0.5) is 0 Å². The molecule has 0 bridgehead atoms. The van der Waals surface area contributed by atoms with E-state index in [1.54, 1.807) is 24.3 Å². The molecule has 0 aliphatic heterocycles. The molecule has 0 saturated heterocycles. The topological polar surface area (TPSA) is 36.9 Å². The summed E-state index contributed by atoms with van der Waals surface area (Å²) in [4.78, 5) is 2.08. The Morgan fingerprint density at radius 2 is 1.14 bits per heavy atom. The van der Waals surface area contributed by atoms with Gasteiger partial charge in [0.05, 0.1) is 22.3 Å². The third-order valence-corrected chi connectivity index (χ3v) is 4.91. The number of aryl methyl sites for hydroxylation is 2. The fraction of sp³-hybridized carbons (Fsp3) is 0.333. The van der Waals surface area contributed by atoms with Gasteiger partial charge in [-0.05, 0) is 63.1 Å². The van der Waals surface area contributed by atoms with Gasteiger partial charge in [-0.1, -0.05) is 36.0 Å². The first-order chi connectivity index (χ1) is 14.1. The summed E-state index contributed by atoms with van der Waals surface area (Å²) in [6.45, 7) is 9.95. The molecule has 0 aliphatic carbocycles. The highest BCUT2D eigenvalue weighted by Crippen LogP contribution is 2.40. The van der Waals surface area contributed by atoms with Crippen molar-refractivity contribution in [2.24, 2.45) is 0 Å². The van der Waals surface area contributed by atoms with E-state index in [0.717, 1.165) is 32.4 Å². The van der Waals surface area contributed by atoms with E-state index >= 15 is 0 Å². The Labute approximate surface area is 178 Å². The first-order valence-corrected chi connectivity index (χ1v) is 10.6. The van der Waals surface area contributed by atoms with Crippen LogP contribution in [0.1, 0.15) is 25.0 Å².